The Labute approximate surface area is 160 Å². The molecular weight excluding hydrogens is 390 g/mol. The van der Waals surface area contributed by atoms with Crippen LogP contribution in [0.15, 0.2) is 27.5 Å². The minimum absolute atomic E-state index is 0.0205. The van der Waals surface area contributed by atoms with Gasteiger partial charge in [0, 0.05) is 29.9 Å². The summed E-state index contributed by atoms with van der Waals surface area (Å²) in [7, 11) is -4.02. The maximum Gasteiger partial charge on any atom is 0.250 e. The number of rotatable bonds is 6. The Balaban J connectivity index is 1.67. The molecule has 1 aliphatic carbocycles. The van der Waals surface area contributed by atoms with E-state index in [2.05, 4.69) is 19.9 Å². The number of H-pyrrole nitrogens is 1. The molecule has 0 amide bonds. The van der Waals surface area contributed by atoms with Crippen molar-refractivity contribution in [3.05, 3.63) is 52.7 Å². The average Bonchev–Trinajstić information content (AvgIpc) is 3.25. The summed E-state index contributed by atoms with van der Waals surface area (Å²) in [6.07, 6.45) is 1.95. The lowest BCUT2D eigenvalue weighted by Crippen LogP contribution is -2.24. The highest BCUT2D eigenvalue weighted by atomic mass is 32.2. The Hall–Kier alpha value is -2.59. The van der Waals surface area contributed by atoms with Gasteiger partial charge in [0.05, 0.1) is 5.56 Å². The van der Waals surface area contributed by atoms with Crippen molar-refractivity contribution in [2.45, 2.75) is 44.0 Å². The highest BCUT2D eigenvalue weighted by Gasteiger charge is 2.32. The SMILES string of the molecule is Cc1[nH]c(C)c(S(=O)(=O)NCc2cc(F)cc(F)c2)c1-c1nnc(C2CC2)o1. The Morgan fingerprint density at radius 1 is 1.14 bits per heavy atom. The molecule has 0 spiro atoms. The Kier molecular flexibility index (Phi) is 4.54. The van der Waals surface area contributed by atoms with Crippen molar-refractivity contribution >= 4 is 10.0 Å². The highest BCUT2D eigenvalue weighted by molar-refractivity contribution is 7.89. The van der Waals surface area contributed by atoms with E-state index < -0.39 is 21.7 Å². The first-order valence-electron chi connectivity index (χ1n) is 8.72. The molecule has 0 saturated heterocycles. The molecule has 2 heterocycles. The molecule has 2 N–H and O–H groups in total. The van der Waals surface area contributed by atoms with Crippen molar-refractivity contribution in [1.82, 2.24) is 19.9 Å². The van der Waals surface area contributed by atoms with Crippen molar-refractivity contribution in [2.24, 2.45) is 0 Å². The fraction of sp³-hybridized carbons (Fsp3) is 0.333. The van der Waals surface area contributed by atoms with Gasteiger partial charge in [-0.25, -0.2) is 21.9 Å². The predicted molar refractivity (Wildman–Crippen MR) is 95.9 cm³/mol. The van der Waals surface area contributed by atoms with Gasteiger partial charge in [-0.1, -0.05) is 0 Å². The molecule has 28 heavy (non-hydrogen) atoms. The predicted octanol–water partition coefficient (Wildman–Crippen LogP) is 3.32. The zero-order valence-corrected chi connectivity index (χ0v) is 16.0. The number of halogens is 2. The van der Waals surface area contributed by atoms with Crippen LogP contribution in [0, 0.1) is 25.5 Å². The first-order chi connectivity index (χ1) is 13.2. The van der Waals surface area contributed by atoms with Crippen molar-refractivity contribution in [2.75, 3.05) is 0 Å². The molecule has 1 aromatic carbocycles. The molecule has 0 atom stereocenters. The van der Waals surface area contributed by atoms with Crippen LogP contribution in [0.5, 0.6) is 0 Å². The van der Waals surface area contributed by atoms with E-state index in [1.807, 2.05) is 0 Å². The number of nitrogens with zero attached hydrogens (tertiary/aromatic N) is 2. The van der Waals surface area contributed by atoms with Crippen LogP contribution >= 0.6 is 0 Å². The lowest BCUT2D eigenvalue weighted by atomic mass is 10.2. The van der Waals surface area contributed by atoms with Gasteiger partial charge in [0.1, 0.15) is 16.5 Å². The molecular formula is C18H18F2N4O3S. The summed E-state index contributed by atoms with van der Waals surface area (Å²) >= 11 is 0. The van der Waals surface area contributed by atoms with Crippen LogP contribution in [-0.2, 0) is 16.6 Å². The van der Waals surface area contributed by atoms with Gasteiger partial charge < -0.3 is 9.40 Å². The van der Waals surface area contributed by atoms with Gasteiger partial charge >= 0.3 is 0 Å². The standard InChI is InChI=1S/C18H18F2N4O3S/c1-9-15(18-24-23-17(27-18)12-3-4-12)16(10(2)22-9)28(25,26)21-8-11-5-13(19)7-14(20)6-11/h5-7,12,21-22H,3-4,8H2,1-2H3. The monoisotopic (exact) mass is 408 g/mol. The molecule has 4 rings (SSSR count). The van der Waals surface area contributed by atoms with Crippen LogP contribution in [-0.4, -0.2) is 23.6 Å². The second-order valence-corrected chi connectivity index (χ2v) is 8.60. The van der Waals surface area contributed by atoms with Crippen LogP contribution < -0.4 is 4.72 Å². The van der Waals surface area contributed by atoms with Gasteiger partial charge in [-0.15, -0.1) is 10.2 Å². The topological polar surface area (TPSA) is 101 Å². The van der Waals surface area contributed by atoms with Gasteiger partial charge in [0.25, 0.3) is 5.89 Å². The second-order valence-electron chi connectivity index (χ2n) is 6.90. The molecule has 0 bridgehead atoms. The summed E-state index contributed by atoms with van der Waals surface area (Å²) in [6, 6.07) is 2.87. The summed E-state index contributed by atoms with van der Waals surface area (Å²) < 4.78 is 60.7. The van der Waals surface area contributed by atoms with Gasteiger partial charge in [-0.05, 0) is 44.4 Å². The molecule has 2 aromatic heterocycles. The van der Waals surface area contributed by atoms with Crippen molar-refractivity contribution in [1.29, 1.82) is 0 Å². The zero-order valence-electron chi connectivity index (χ0n) is 15.2. The van der Waals surface area contributed by atoms with E-state index in [0.717, 1.165) is 31.0 Å². The number of sulfonamides is 1. The normalized spacial score (nSPS) is 14.6. The minimum atomic E-state index is -4.02. The van der Waals surface area contributed by atoms with Gasteiger partial charge in [0.15, 0.2) is 0 Å². The zero-order chi connectivity index (χ0) is 20.1. The molecule has 10 heteroatoms. The van der Waals surface area contributed by atoms with Crippen molar-refractivity contribution < 1.29 is 21.6 Å². The maximum atomic E-state index is 13.3. The number of hydrogen-bond donors (Lipinski definition) is 2. The summed E-state index contributed by atoms with van der Waals surface area (Å²) in [6.45, 7) is 3.06. The van der Waals surface area contributed by atoms with Crippen LogP contribution in [0.1, 0.15) is 41.6 Å². The summed E-state index contributed by atoms with van der Waals surface area (Å²) in [5.41, 5.74) is 1.44. The quantitative estimate of drug-likeness (QED) is 0.652. The molecule has 1 fully saturated rings. The van der Waals surface area contributed by atoms with E-state index in [9.17, 15) is 17.2 Å². The Morgan fingerprint density at radius 3 is 2.46 bits per heavy atom. The van der Waals surface area contributed by atoms with E-state index >= 15 is 0 Å². The lowest BCUT2D eigenvalue weighted by molar-refractivity contribution is 0.506. The molecule has 0 unspecified atom stereocenters. The van der Waals surface area contributed by atoms with Gasteiger partial charge in [-0.3, -0.25) is 0 Å². The maximum absolute atomic E-state index is 13.3. The lowest BCUT2D eigenvalue weighted by Gasteiger charge is -2.09. The molecule has 7 nitrogen and oxygen atoms in total. The third kappa shape index (κ3) is 3.57. The Morgan fingerprint density at radius 2 is 1.82 bits per heavy atom. The third-order valence-corrected chi connectivity index (χ3v) is 6.13. The van der Waals surface area contributed by atoms with Crippen LogP contribution in [0.4, 0.5) is 8.78 Å². The first-order valence-corrected chi connectivity index (χ1v) is 10.2. The Bertz CT molecular complexity index is 1130. The number of benzene rings is 1. The highest BCUT2D eigenvalue weighted by Crippen LogP contribution is 2.41. The molecule has 1 aliphatic rings. The van der Waals surface area contributed by atoms with Crippen molar-refractivity contribution in [3.63, 3.8) is 0 Å². The number of nitrogens with one attached hydrogen (secondary N) is 2. The fourth-order valence-electron chi connectivity index (χ4n) is 3.15. The van der Waals surface area contributed by atoms with Crippen LogP contribution in [0.2, 0.25) is 0 Å². The summed E-state index contributed by atoms with van der Waals surface area (Å²) in [5.74, 6) is -0.688. The van der Waals surface area contributed by atoms with Crippen LogP contribution in [0.25, 0.3) is 11.5 Å². The average molecular weight is 408 g/mol. The second kappa shape index (κ2) is 6.78. The minimum Gasteiger partial charge on any atom is -0.420 e. The molecule has 1 saturated carbocycles. The number of aromatic amines is 1. The van der Waals surface area contributed by atoms with E-state index in [-0.39, 0.29) is 28.8 Å². The first kappa shape index (κ1) is 18.8. The largest absolute Gasteiger partial charge is 0.420 e. The van der Waals surface area contributed by atoms with E-state index in [1.165, 1.54) is 0 Å². The van der Waals surface area contributed by atoms with Crippen LogP contribution in [0.3, 0.4) is 0 Å². The van der Waals surface area contributed by atoms with Crippen molar-refractivity contribution in [3.8, 4) is 11.5 Å². The van der Waals surface area contributed by atoms with E-state index in [4.69, 9.17) is 4.42 Å². The number of aryl methyl sites for hydroxylation is 2. The molecule has 148 valence electrons. The van der Waals surface area contributed by atoms with Gasteiger partial charge in [-0.2, -0.15) is 0 Å². The smallest absolute Gasteiger partial charge is 0.250 e. The molecule has 0 radical (unpaired) electrons. The van der Waals surface area contributed by atoms with E-state index in [1.54, 1.807) is 13.8 Å². The molecule has 3 aromatic rings. The van der Waals surface area contributed by atoms with E-state index in [0.29, 0.717) is 22.8 Å². The molecule has 0 aliphatic heterocycles. The number of aromatic nitrogens is 3. The summed E-state index contributed by atoms with van der Waals surface area (Å²) in [4.78, 5) is 2.96. The van der Waals surface area contributed by atoms with Gasteiger partial charge in [0.2, 0.25) is 15.9 Å². The number of hydrogen-bond acceptors (Lipinski definition) is 5. The fourth-order valence-corrected chi connectivity index (χ4v) is 4.61. The third-order valence-electron chi connectivity index (χ3n) is 4.56. The summed E-state index contributed by atoms with van der Waals surface area (Å²) in [5, 5.41) is 8.02.